The first kappa shape index (κ1) is 29.4. The van der Waals surface area contributed by atoms with Crippen molar-refractivity contribution < 1.29 is 19.4 Å². The number of piperidine rings is 1. The summed E-state index contributed by atoms with van der Waals surface area (Å²) in [7, 11) is 0. The molecular weight excluding hydrogens is 584 g/mol. The Morgan fingerprint density at radius 3 is 2.30 bits per heavy atom. The Balaban J connectivity index is 1.10. The topological polar surface area (TPSA) is 96.7 Å². The maximum atomic E-state index is 13.3. The van der Waals surface area contributed by atoms with Crippen molar-refractivity contribution in [2.75, 3.05) is 31.6 Å². The van der Waals surface area contributed by atoms with Gasteiger partial charge < -0.3 is 20.1 Å². The number of ether oxygens (including phenoxy) is 1. The third kappa shape index (κ3) is 5.94. The Bertz CT molecular complexity index is 1590. The van der Waals surface area contributed by atoms with E-state index in [0.29, 0.717) is 49.2 Å². The van der Waals surface area contributed by atoms with Gasteiger partial charge in [-0.05, 0) is 61.1 Å². The van der Waals surface area contributed by atoms with Crippen LogP contribution in [0.15, 0.2) is 66.7 Å². The number of halogens is 1. The Labute approximate surface area is 260 Å². The molecule has 0 spiro atoms. The van der Waals surface area contributed by atoms with E-state index in [4.69, 9.17) is 21.4 Å². The third-order valence-corrected chi connectivity index (χ3v) is 9.71. The molecule has 6 rings (SSSR count). The van der Waals surface area contributed by atoms with Gasteiger partial charge in [0.25, 0.3) is 5.91 Å². The molecule has 10 heteroatoms. The highest BCUT2D eigenvalue weighted by atomic mass is 35.5. The van der Waals surface area contributed by atoms with Gasteiger partial charge in [-0.3, -0.25) is 4.79 Å². The molecule has 43 heavy (non-hydrogen) atoms. The molecule has 0 bridgehead atoms. The zero-order valence-corrected chi connectivity index (χ0v) is 25.8. The van der Waals surface area contributed by atoms with Crippen LogP contribution < -0.4 is 5.32 Å². The molecule has 3 heterocycles. The molecule has 0 atom stereocenters. The highest BCUT2D eigenvalue weighted by Gasteiger charge is 2.34. The molecule has 2 aromatic heterocycles. The lowest BCUT2D eigenvalue weighted by molar-refractivity contribution is 0.0615. The number of aromatic nitrogens is 2. The Morgan fingerprint density at radius 2 is 1.70 bits per heavy atom. The number of likely N-dealkylation sites (tertiary alicyclic amines) is 1. The van der Waals surface area contributed by atoms with Crippen molar-refractivity contribution in [1.82, 2.24) is 14.7 Å². The number of thiophene rings is 1. The van der Waals surface area contributed by atoms with Crippen LogP contribution in [0.1, 0.15) is 65.0 Å². The van der Waals surface area contributed by atoms with Gasteiger partial charge in [-0.25, -0.2) is 4.79 Å². The number of hydrogen-bond donors (Lipinski definition) is 2. The number of amides is 1. The number of carbonyl (C=O) groups excluding carboxylic acids is 2. The van der Waals surface area contributed by atoms with Gasteiger partial charge in [-0.2, -0.15) is 9.78 Å². The highest BCUT2D eigenvalue weighted by molar-refractivity contribution is 7.16. The molecular formula is C33H35ClN4O4S. The van der Waals surface area contributed by atoms with Crippen molar-refractivity contribution in [3.8, 4) is 11.1 Å². The summed E-state index contributed by atoms with van der Waals surface area (Å²) in [6, 6.07) is 22.3. The molecule has 1 aliphatic heterocycles. The number of aliphatic hydroxyl groups is 1. The monoisotopic (exact) mass is 618 g/mol. The van der Waals surface area contributed by atoms with Gasteiger partial charge in [0, 0.05) is 35.9 Å². The van der Waals surface area contributed by atoms with E-state index in [-0.39, 0.29) is 30.4 Å². The number of carbonyl (C=O) groups is 2. The number of nitrogens with one attached hydrogen (secondary N) is 1. The molecule has 1 saturated heterocycles. The lowest BCUT2D eigenvalue weighted by atomic mass is 9.94. The SMILES string of the molecule is CC(C)(CO)C(=O)n1nc(C2CCN(C(=O)OCC3c4ccccc4-c4ccccc43)CC2)cc1NCc1ccc(Cl)s1. The summed E-state index contributed by atoms with van der Waals surface area (Å²) in [5.74, 6) is 0.393. The molecule has 224 valence electrons. The minimum Gasteiger partial charge on any atom is -0.448 e. The van der Waals surface area contributed by atoms with Crippen molar-refractivity contribution in [2.24, 2.45) is 5.41 Å². The maximum absolute atomic E-state index is 13.3. The van der Waals surface area contributed by atoms with E-state index < -0.39 is 5.41 Å². The van der Waals surface area contributed by atoms with Crippen LogP contribution in [0.5, 0.6) is 0 Å². The van der Waals surface area contributed by atoms with Gasteiger partial charge >= 0.3 is 6.09 Å². The molecule has 1 fully saturated rings. The normalized spacial score (nSPS) is 15.3. The second kappa shape index (κ2) is 12.1. The number of rotatable bonds is 8. The van der Waals surface area contributed by atoms with Crippen LogP contribution in [0.2, 0.25) is 4.34 Å². The highest BCUT2D eigenvalue weighted by Crippen LogP contribution is 2.44. The van der Waals surface area contributed by atoms with Crippen LogP contribution in [-0.2, 0) is 11.3 Å². The van der Waals surface area contributed by atoms with Gasteiger partial charge in [0.15, 0.2) is 0 Å². The predicted octanol–water partition coefficient (Wildman–Crippen LogP) is 7.00. The summed E-state index contributed by atoms with van der Waals surface area (Å²) in [6.45, 7) is 4.99. The first-order valence-corrected chi connectivity index (χ1v) is 15.8. The quantitative estimate of drug-likeness (QED) is 0.221. The summed E-state index contributed by atoms with van der Waals surface area (Å²) in [5.41, 5.74) is 4.59. The molecule has 4 aromatic rings. The molecule has 2 aromatic carbocycles. The van der Waals surface area contributed by atoms with Crippen LogP contribution in [0, 0.1) is 5.41 Å². The summed E-state index contributed by atoms with van der Waals surface area (Å²) < 4.78 is 7.96. The van der Waals surface area contributed by atoms with Crippen LogP contribution >= 0.6 is 22.9 Å². The van der Waals surface area contributed by atoms with Crippen molar-refractivity contribution in [3.05, 3.63) is 92.8 Å². The number of fused-ring (bicyclic) bond motifs is 3. The minimum atomic E-state index is -0.987. The van der Waals surface area contributed by atoms with Crippen molar-refractivity contribution in [2.45, 2.75) is 45.1 Å². The molecule has 2 N–H and O–H groups in total. The molecule has 8 nitrogen and oxygen atoms in total. The minimum absolute atomic E-state index is 0.0229. The van der Waals surface area contributed by atoms with E-state index in [2.05, 4.69) is 29.6 Å². The predicted molar refractivity (Wildman–Crippen MR) is 169 cm³/mol. The van der Waals surface area contributed by atoms with Gasteiger partial charge in [-0.15, -0.1) is 11.3 Å². The first-order chi connectivity index (χ1) is 20.7. The average molecular weight is 619 g/mol. The van der Waals surface area contributed by atoms with Gasteiger partial charge in [-0.1, -0.05) is 60.1 Å². The van der Waals surface area contributed by atoms with Gasteiger partial charge in [0.05, 0.1) is 28.6 Å². The zero-order chi connectivity index (χ0) is 30.1. The van der Waals surface area contributed by atoms with E-state index in [1.807, 2.05) is 42.5 Å². The Hall–Kier alpha value is -3.66. The Kier molecular flexibility index (Phi) is 8.31. The average Bonchev–Trinajstić information content (AvgIpc) is 3.74. The van der Waals surface area contributed by atoms with Crippen LogP contribution in [0.3, 0.4) is 0 Å². The fraction of sp³-hybridized carbons (Fsp3) is 0.364. The van der Waals surface area contributed by atoms with Crippen LogP contribution in [0.25, 0.3) is 11.1 Å². The zero-order valence-electron chi connectivity index (χ0n) is 24.3. The third-order valence-electron chi connectivity index (χ3n) is 8.47. The second-order valence-corrected chi connectivity index (χ2v) is 13.6. The summed E-state index contributed by atoms with van der Waals surface area (Å²) in [4.78, 5) is 29.2. The lowest BCUT2D eigenvalue weighted by Crippen LogP contribution is -2.39. The number of nitrogens with zero attached hydrogens (tertiary/aromatic N) is 3. The number of anilines is 1. The van der Waals surface area contributed by atoms with E-state index >= 15 is 0 Å². The molecule has 2 aliphatic rings. The first-order valence-electron chi connectivity index (χ1n) is 14.6. The Morgan fingerprint density at radius 1 is 1.05 bits per heavy atom. The molecule has 0 radical (unpaired) electrons. The smallest absolute Gasteiger partial charge is 0.409 e. The number of hydrogen-bond acceptors (Lipinski definition) is 7. The van der Waals surface area contributed by atoms with Crippen molar-refractivity contribution in [1.29, 1.82) is 0 Å². The molecule has 0 unspecified atom stereocenters. The van der Waals surface area contributed by atoms with E-state index in [1.54, 1.807) is 18.7 Å². The van der Waals surface area contributed by atoms with E-state index in [9.17, 15) is 14.7 Å². The molecule has 1 aliphatic carbocycles. The van der Waals surface area contributed by atoms with Crippen LogP contribution in [0.4, 0.5) is 10.6 Å². The molecule has 0 saturated carbocycles. The van der Waals surface area contributed by atoms with Crippen LogP contribution in [-0.4, -0.2) is 58.1 Å². The second-order valence-electron chi connectivity index (χ2n) is 11.8. The lowest BCUT2D eigenvalue weighted by Gasteiger charge is -2.31. The largest absolute Gasteiger partial charge is 0.448 e. The summed E-state index contributed by atoms with van der Waals surface area (Å²) in [6.07, 6.45) is 1.11. The van der Waals surface area contributed by atoms with Crippen molar-refractivity contribution in [3.63, 3.8) is 0 Å². The van der Waals surface area contributed by atoms with Gasteiger partial charge in [0.2, 0.25) is 0 Å². The maximum Gasteiger partial charge on any atom is 0.409 e. The van der Waals surface area contributed by atoms with Crippen molar-refractivity contribution >= 4 is 40.8 Å². The number of benzene rings is 2. The standard InChI is InChI=1S/C33H35ClN4O4S/c1-33(2,20-39)31(40)38-30(35-18-22-11-12-29(34)43-22)17-28(36-38)21-13-15-37(16-14-21)32(41)42-19-27-25-9-5-3-7-23(25)24-8-4-6-10-26(24)27/h3-12,17,21,27,35,39H,13-16,18-20H2,1-2H3. The van der Waals surface area contributed by atoms with E-state index in [1.165, 1.54) is 38.3 Å². The van der Waals surface area contributed by atoms with Gasteiger partial charge in [0.1, 0.15) is 12.4 Å². The fourth-order valence-corrected chi connectivity index (χ4v) is 6.93. The molecule has 1 amide bonds. The summed E-state index contributed by atoms with van der Waals surface area (Å²) in [5, 5.41) is 17.9. The summed E-state index contributed by atoms with van der Waals surface area (Å²) >= 11 is 7.56. The number of aliphatic hydroxyl groups excluding tert-OH is 1. The van der Waals surface area contributed by atoms with E-state index in [0.717, 1.165) is 10.6 Å². The fourth-order valence-electron chi connectivity index (χ4n) is 5.90.